The Labute approximate surface area is 116 Å². The average Bonchev–Trinajstić information content (AvgIpc) is 2.47. The van der Waals surface area contributed by atoms with Crippen LogP contribution in [0.2, 0.25) is 0 Å². The Balaban J connectivity index is 2.05. The number of hydrogen-bond acceptors (Lipinski definition) is 5. The minimum absolute atomic E-state index is 0.682. The molecule has 106 valence electrons. The highest BCUT2D eigenvalue weighted by atomic mass is 15.3. The molecule has 19 heavy (non-hydrogen) atoms. The molecule has 0 radical (unpaired) electrons. The molecule has 1 atom stereocenters. The molecule has 5 nitrogen and oxygen atoms in total. The van der Waals surface area contributed by atoms with Crippen molar-refractivity contribution in [1.82, 2.24) is 14.9 Å². The third-order valence-electron chi connectivity index (χ3n) is 4.00. The standard InChI is InChI=1S/C14H25N5/c1-5-12(3)18-6-8-19(9-7-18)13-11(2)10-16-14(15-4)17-13/h10,12H,5-9H2,1-4H3,(H,15,16,17). The lowest BCUT2D eigenvalue weighted by Gasteiger charge is -2.38. The molecule has 2 rings (SSSR count). The number of nitrogens with one attached hydrogen (secondary N) is 1. The molecule has 5 heteroatoms. The number of aryl methyl sites for hydroxylation is 1. The third kappa shape index (κ3) is 3.15. The zero-order valence-electron chi connectivity index (χ0n) is 12.5. The second-order valence-corrected chi connectivity index (χ2v) is 5.23. The fourth-order valence-electron chi connectivity index (χ4n) is 2.51. The Bertz CT molecular complexity index is 412. The average molecular weight is 263 g/mol. The van der Waals surface area contributed by atoms with Gasteiger partial charge in [0.15, 0.2) is 0 Å². The van der Waals surface area contributed by atoms with Gasteiger partial charge in [-0.1, -0.05) is 6.92 Å². The molecular weight excluding hydrogens is 238 g/mol. The normalized spacial score (nSPS) is 18.4. The minimum Gasteiger partial charge on any atom is -0.357 e. The van der Waals surface area contributed by atoms with Gasteiger partial charge in [-0.3, -0.25) is 4.90 Å². The van der Waals surface area contributed by atoms with E-state index in [1.54, 1.807) is 0 Å². The van der Waals surface area contributed by atoms with Gasteiger partial charge in [-0.25, -0.2) is 4.98 Å². The third-order valence-corrected chi connectivity index (χ3v) is 4.00. The molecule has 1 aliphatic rings. The van der Waals surface area contributed by atoms with E-state index in [4.69, 9.17) is 0 Å². The number of anilines is 2. The molecule has 0 aliphatic carbocycles. The van der Waals surface area contributed by atoms with Crippen molar-refractivity contribution >= 4 is 11.8 Å². The first kappa shape index (κ1) is 14.1. The topological polar surface area (TPSA) is 44.3 Å². The van der Waals surface area contributed by atoms with Gasteiger partial charge in [-0.05, 0) is 20.3 Å². The summed E-state index contributed by atoms with van der Waals surface area (Å²) < 4.78 is 0. The summed E-state index contributed by atoms with van der Waals surface area (Å²) >= 11 is 0. The van der Waals surface area contributed by atoms with Crippen molar-refractivity contribution in [1.29, 1.82) is 0 Å². The molecule has 1 unspecified atom stereocenters. The van der Waals surface area contributed by atoms with Crippen molar-refractivity contribution in [3.05, 3.63) is 11.8 Å². The monoisotopic (exact) mass is 263 g/mol. The Hall–Kier alpha value is -1.36. The van der Waals surface area contributed by atoms with Crippen LogP contribution < -0.4 is 10.2 Å². The molecule has 2 heterocycles. The minimum atomic E-state index is 0.682. The molecular formula is C14H25N5. The number of rotatable bonds is 4. The van der Waals surface area contributed by atoms with E-state index in [2.05, 4.69) is 45.9 Å². The van der Waals surface area contributed by atoms with Crippen LogP contribution in [0.1, 0.15) is 25.8 Å². The first-order valence-electron chi connectivity index (χ1n) is 7.16. The summed E-state index contributed by atoms with van der Waals surface area (Å²) in [6.45, 7) is 11.0. The first-order valence-corrected chi connectivity index (χ1v) is 7.16. The van der Waals surface area contributed by atoms with E-state index in [1.807, 2.05) is 13.2 Å². The largest absolute Gasteiger partial charge is 0.357 e. The maximum atomic E-state index is 4.59. The van der Waals surface area contributed by atoms with E-state index in [0.29, 0.717) is 12.0 Å². The summed E-state index contributed by atoms with van der Waals surface area (Å²) in [5.41, 5.74) is 1.15. The maximum Gasteiger partial charge on any atom is 0.224 e. The predicted octanol–water partition coefficient (Wildman–Crippen LogP) is 1.75. The second kappa shape index (κ2) is 6.19. The zero-order valence-corrected chi connectivity index (χ0v) is 12.5. The Morgan fingerprint density at radius 3 is 2.58 bits per heavy atom. The van der Waals surface area contributed by atoms with Crippen LogP contribution in [0.5, 0.6) is 0 Å². The van der Waals surface area contributed by atoms with Gasteiger partial charge in [0.2, 0.25) is 5.95 Å². The Morgan fingerprint density at radius 2 is 2.00 bits per heavy atom. The molecule has 0 amide bonds. The van der Waals surface area contributed by atoms with E-state index in [9.17, 15) is 0 Å². The lowest BCUT2D eigenvalue weighted by molar-refractivity contribution is 0.192. The molecule has 1 saturated heterocycles. The molecule has 0 spiro atoms. The van der Waals surface area contributed by atoms with Crippen LogP contribution in [0.15, 0.2) is 6.20 Å². The van der Waals surface area contributed by atoms with Gasteiger partial charge in [-0.2, -0.15) is 4.98 Å². The van der Waals surface area contributed by atoms with Gasteiger partial charge < -0.3 is 10.2 Å². The van der Waals surface area contributed by atoms with Gasteiger partial charge in [0.1, 0.15) is 5.82 Å². The first-order chi connectivity index (χ1) is 9.15. The van der Waals surface area contributed by atoms with Crippen LogP contribution >= 0.6 is 0 Å². The molecule has 1 N–H and O–H groups in total. The smallest absolute Gasteiger partial charge is 0.224 e. The summed E-state index contributed by atoms with van der Waals surface area (Å²) in [6, 6.07) is 0.682. The van der Waals surface area contributed by atoms with Crippen LogP contribution in [-0.4, -0.2) is 54.1 Å². The SMILES string of the molecule is CCC(C)N1CCN(c2nc(NC)ncc2C)CC1. The number of piperazine rings is 1. The fraction of sp³-hybridized carbons (Fsp3) is 0.714. The lowest BCUT2D eigenvalue weighted by Crippen LogP contribution is -2.49. The van der Waals surface area contributed by atoms with Crippen molar-refractivity contribution in [3.8, 4) is 0 Å². The second-order valence-electron chi connectivity index (χ2n) is 5.23. The maximum absolute atomic E-state index is 4.59. The van der Waals surface area contributed by atoms with Gasteiger partial charge in [0.05, 0.1) is 0 Å². The quantitative estimate of drug-likeness (QED) is 0.896. The van der Waals surface area contributed by atoms with Gasteiger partial charge in [0.25, 0.3) is 0 Å². The molecule has 0 saturated carbocycles. The molecule has 1 fully saturated rings. The molecule has 0 aromatic carbocycles. The Kier molecular flexibility index (Phi) is 4.58. The van der Waals surface area contributed by atoms with Gasteiger partial charge >= 0.3 is 0 Å². The van der Waals surface area contributed by atoms with Crippen LogP contribution in [0.4, 0.5) is 11.8 Å². The summed E-state index contributed by atoms with van der Waals surface area (Å²) in [7, 11) is 1.86. The Morgan fingerprint density at radius 1 is 1.32 bits per heavy atom. The number of nitrogens with zero attached hydrogens (tertiary/aromatic N) is 4. The molecule has 1 aromatic heterocycles. The summed E-state index contributed by atoms with van der Waals surface area (Å²) in [4.78, 5) is 13.8. The van der Waals surface area contributed by atoms with E-state index >= 15 is 0 Å². The summed E-state index contributed by atoms with van der Waals surface area (Å²) in [5, 5.41) is 3.01. The number of hydrogen-bond donors (Lipinski definition) is 1. The van der Waals surface area contributed by atoms with E-state index in [0.717, 1.165) is 37.6 Å². The van der Waals surface area contributed by atoms with Crippen LogP contribution in [0.3, 0.4) is 0 Å². The number of aromatic nitrogens is 2. The van der Waals surface area contributed by atoms with Crippen molar-refractivity contribution in [2.24, 2.45) is 0 Å². The highest BCUT2D eigenvalue weighted by Crippen LogP contribution is 2.20. The van der Waals surface area contributed by atoms with Crippen LogP contribution in [0.25, 0.3) is 0 Å². The predicted molar refractivity (Wildman–Crippen MR) is 79.9 cm³/mol. The van der Waals surface area contributed by atoms with E-state index in [-0.39, 0.29) is 0 Å². The van der Waals surface area contributed by atoms with Crippen molar-refractivity contribution in [2.45, 2.75) is 33.2 Å². The lowest BCUT2D eigenvalue weighted by atomic mass is 10.2. The fourth-order valence-corrected chi connectivity index (χ4v) is 2.51. The summed E-state index contributed by atoms with van der Waals surface area (Å²) in [6.07, 6.45) is 3.12. The van der Waals surface area contributed by atoms with Crippen molar-refractivity contribution in [3.63, 3.8) is 0 Å². The van der Waals surface area contributed by atoms with Crippen molar-refractivity contribution < 1.29 is 0 Å². The van der Waals surface area contributed by atoms with Gasteiger partial charge in [0, 0.05) is 51.0 Å². The van der Waals surface area contributed by atoms with Gasteiger partial charge in [-0.15, -0.1) is 0 Å². The highest BCUT2D eigenvalue weighted by Gasteiger charge is 2.22. The van der Waals surface area contributed by atoms with Crippen molar-refractivity contribution in [2.75, 3.05) is 43.4 Å². The molecule has 1 aromatic rings. The van der Waals surface area contributed by atoms with Crippen LogP contribution in [-0.2, 0) is 0 Å². The summed E-state index contributed by atoms with van der Waals surface area (Å²) in [5.74, 6) is 1.77. The van der Waals surface area contributed by atoms with E-state index < -0.39 is 0 Å². The van der Waals surface area contributed by atoms with Crippen LogP contribution in [0, 0.1) is 6.92 Å². The zero-order chi connectivity index (χ0) is 13.8. The highest BCUT2D eigenvalue weighted by molar-refractivity contribution is 5.49. The van der Waals surface area contributed by atoms with E-state index in [1.165, 1.54) is 6.42 Å². The molecule has 0 bridgehead atoms. The molecule has 1 aliphatic heterocycles.